The lowest BCUT2D eigenvalue weighted by Crippen LogP contribution is -2.53. The molecule has 1 N–H and O–H groups in total. The largest absolute Gasteiger partial charge is 0.354 e. The van der Waals surface area contributed by atoms with Crippen molar-refractivity contribution in [1.29, 1.82) is 0 Å². The quantitative estimate of drug-likeness (QED) is 0.137. The molecule has 0 saturated heterocycles. The first kappa shape index (κ1) is 35.3. The number of amides is 2. The van der Waals surface area contributed by atoms with Crippen LogP contribution in [0.3, 0.4) is 0 Å². The molecule has 0 radical (unpaired) electrons. The number of sulfonamides is 1. The van der Waals surface area contributed by atoms with E-state index in [2.05, 4.69) is 5.32 Å². The number of aryl methyl sites for hydroxylation is 1. The summed E-state index contributed by atoms with van der Waals surface area (Å²) in [5, 5.41) is 4.00. The topological polar surface area (TPSA) is 86.8 Å². The number of unbranched alkanes of at least 4 members (excludes halogenated alkanes) is 1. The SMILES string of the molecule is CCCCNC(=O)C(Cc1ccccc1)N(Cc1ccc(Cl)c(Cl)c1)C(=O)CN(c1ccc(C)cc1)S(=O)(=O)c1ccc(Cl)cc1. The lowest BCUT2D eigenvalue weighted by Gasteiger charge is -2.34. The summed E-state index contributed by atoms with van der Waals surface area (Å²) in [6.07, 6.45) is 1.86. The summed E-state index contributed by atoms with van der Waals surface area (Å²) < 4.78 is 29.3. The minimum Gasteiger partial charge on any atom is -0.354 e. The number of carbonyl (C=O) groups is 2. The van der Waals surface area contributed by atoms with Crippen LogP contribution in [0.1, 0.15) is 36.5 Å². The van der Waals surface area contributed by atoms with Crippen LogP contribution in [0.5, 0.6) is 0 Å². The predicted octanol–water partition coefficient (Wildman–Crippen LogP) is 7.71. The van der Waals surface area contributed by atoms with Gasteiger partial charge in [-0.2, -0.15) is 0 Å². The summed E-state index contributed by atoms with van der Waals surface area (Å²) in [5.74, 6) is -0.913. The molecule has 2 amide bonds. The number of hydrogen-bond acceptors (Lipinski definition) is 4. The molecule has 0 fully saturated rings. The first-order valence-electron chi connectivity index (χ1n) is 14.9. The van der Waals surface area contributed by atoms with E-state index >= 15 is 0 Å². The van der Waals surface area contributed by atoms with Crippen LogP contribution in [0, 0.1) is 6.92 Å². The van der Waals surface area contributed by atoms with Gasteiger partial charge in [0, 0.05) is 24.5 Å². The Bertz CT molecular complexity index is 1740. The van der Waals surface area contributed by atoms with Gasteiger partial charge in [0.2, 0.25) is 11.8 Å². The summed E-state index contributed by atoms with van der Waals surface area (Å²) in [6.45, 7) is 3.77. The molecule has 4 aromatic rings. The van der Waals surface area contributed by atoms with Crippen LogP contribution >= 0.6 is 34.8 Å². The highest BCUT2D eigenvalue weighted by molar-refractivity contribution is 7.92. The molecule has 0 spiro atoms. The molecule has 11 heteroatoms. The number of nitrogens with one attached hydrogen (secondary N) is 1. The van der Waals surface area contributed by atoms with Crippen molar-refractivity contribution < 1.29 is 18.0 Å². The van der Waals surface area contributed by atoms with Gasteiger partial charge in [0.15, 0.2) is 0 Å². The second kappa shape index (κ2) is 16.3. The lowest BCUT2D eigenvalue weighted by molar-refractivity contribution is -0.140. The third kappa shape index (κ3) is 9.26. The fourth-order valence-electron chi connectivity index (χ4n) is 4.87. The van der Waals surface area contributed by atoms with Gasteiger partial charge in [-0.3, -0.25) is 13.9 Å². The fourth-order valence-corrected chi connectivity index (χ4v) is 6.73. The maximum Gasteiger partial charge on any atom is 0.264 e. The molecule has 0 aliphatic rings. The first-order valence-corrected chi connectivity index (χ1v) is 17.5. The molecule has 4 aromatic carbocycles. The molecule has 1 atom stereocenters. The van der Waals surface area contributed by atoms with Crippen molar-refractivity contribution in [2.24, 2.45) is 0 Å². The molecule has 1 unspecified atom stereocenters. The van der Waals surface area contributed by atoms with E-state index in [1.54, 1.807) is 42.5 Å². The summed E-state index contributed by atoms with van der Waals surface area (Å²) in [6, 6.07) is 26.0. The second-order valence-corrected chi connectivity index (χ2v) is 14.0. The van der Waals surface area contributed by atoms with E-state index in [1.807, 2.05) is 44.2 Å². The van der Waals surface area contributed by atoms with Gasteiger partial charge in [0.05, 0.1) is 20.6 Å². The van der Waals surface area contributed by atoms with E-state index in [9.17, 15) is 18.0 Å². The smallest absolute Gasteiger partial charge is 0.264 e. The minimum atomic E-state index is -4.23. The Morgan fingerprint density at radius 3 is 2.13 bits per heavy atom. The number of hydrogen-bond donors (Lipinski definition) is 1. The Morgan fingerprint density at radius 1 is 0.826 bits per heavy atom. The standard InChI is InChI=1S/C35H36Cl3N3O4S/c1-3-4-20-39-35(43)33(22-26-8-6-5-7-9-26)40(23-27-12-19-31(37)32(38)21-27)34(42)24-41(29-15-10-25(2)11-16-29)46(44,45)30-17-13-28(36)14-18-30/h5-19,21,33H,3-4,20,22-24H2,1-2H3,(H,39,43). The number of benzene rings is 4. The zero-order valence-electron chi connectivity index (χ0n) is 25.6. The molecule has 0 aliphatic heterocycles. The minimum absolute atomic E-state index is 0.0167. The molecule has 0 heterocycles. The van der Waals surface area contributed by atoms with Crippen LogP contribution in [-0.4, -0.2) is 44.3 Å². The molecular formula is C35H36Cl3N3O4S. The van der Waals surface area contributed by atoms with E-state index in [-0.39, 0.29) is 23.8 Å². The molecule has 242 valence electrons. The van der Waals surface area contributed by atoms with E-state index in [0.29, 0.717) is 32.9 Å². The van der Waals surface area contributed by atoms with Gasteiger partial charge in [0.1, 0.15) is 12.6 Å². The Hall–Kier alpha value is -3.56. The normalized spacial score (nSPS) is 11.9. The zero-order valence-corrected chi connectivity index (χ0v) is 28.7. The van der Waals surface area contributed by atoms with Gasteiger partial charge >= 0.3 is 0 Å². The number of halogens is 3. The average Bonchev–Trinajstić information content (AvgIpc) is 3.04. The zero-order chi connectivity index (χ0) is 33.3. The number of nitrogens with zero attached hydrogens (tertiary/aromatic N) is 2. The molecule has 0 aromatic heterocycles. The van der Waals surface area contributed by atoms with E-state index in [4.69, 9.17) is 34.8 Å². The molecular weight excluding hydrogens is 665 g/mol. The highest BCUT2D eigenvalue weighted by Crippen LogP contribution is 2.28. The fraction of sp³-hybridized carbons (Fsp3) is 0.257. The van der Waals surface area contributed by atoms with Crippen molar-refractivity contribution in [1.82, 2.24) is 10.2 Å². The molecule has 7 nitrogen and oxygen atoms in total. The monoisotopic (exact) mass is 699 g/mol. The van der Waals surface area contributed by atoms with E-state index < -0.39 is 28.5 Å². The Balaban J connectivity index is 1.80. The van der Waals surface area contributed by atoms with Crippen LogP contribution in [-0.2, 0) is 32.6 Å². The summed E-state index contributed by atoms with van der Waals surface area (Å²) in [4.78, 5) is 29.7. The maximum absolute atomic E-state index is 14.5. The van der Waals surface area contributed by atoms with Crippen LogP contribution in [0.25, 0.3) is 0 Å². The highest BCUT2D eigenvalue weighted by Gasteiger charge is 2.34. The van der Waals surface area contributed by atoms with Crippen molar-refractivity contribution in [2.75, 3.05) is 17.4 Å². The maximum atomic E-state index is 14.5. The van der Waals surface area contributed by atoms with Crippen molar-refractivity contribution in [3.8, 4) is 0 Å². The highest BCUT2D eigenvalue weighted by atomic mass is 35.5. The Labute approximate surface area is 286 Å². The number of rotatable bonds is 14. The van der Waals surface area contributed by atoms with Crippen LogP contribution in [0.15, 0.2) is 102 Å². The summed E-state index contributed by atoms with van der Waals surface area (Å²) in [5.41, 5.74) is 2.70. The molecule has 4 rings (SSSR count). The lowest BCUT2D eigenvalue weighted by atomic mass is 10.0. The summed E-state index contributed by atoms with van der Waals surface area (Å²) in [7, 11) is -4.23. The van der Waals surface area contributed by atoms with Gasteiger partial charge in [-0.15, -0.1) is 0 Å². The van der Waals surface area contributed by atoms with Crippen LogP contribution < -0.4 is 9.62 Å². The van der Waals surface area contributed by atoms with Crippen molar-refractivity contribution in [2.45, 2.75) is 50.6 Å². The van der Waals surface area contributed by atoms with Gasteiger partial charge in [-0.1, -0.05) is 102 Å². The third-order valence-electron chi connectivity index (χ3n) is 7.44. The Morgan fingerprint density at radius 2 is 1.50 bits per heavy atom. The van der Waals surface area contributed by atoms with Crippen LogP contribution in [0.4, 0.5) is 5.69 Å². The first-order chi connectivity index (χ1) is 22.0. The number of carbonyl (C=O) groups excluding carboxylic acids is 2. The molecule has 0 bridgehead atoms. The van der Waals surface area contributed by atoms with Gasteiger partial charge in [0.25, 0.3) is 10.0 Å². The van der Waals surface area contributed by atoms with Gasteiger partial charge in [-0.25, -0.2) is 8.42 Å². The summed E-state index contributed by atoms with van der Waals surface area (Å²) >= 11 is 18.6. The van der Waals surface area contributed by atoms with Gasteiger partial charge < -0.3 is 10.2 Å². The number of anilines is 1. The average molecular weight is 701 g/mol. The van der Waals surface area contributed by atoms with E-state index in [1.165, 1.54) is 29.2 Å². The van der Waals surface area contributed by atoms with Crippen molar-refractivity contribution >= 4 is 62.3 Å². The van der Waals surface area contributed by atoms with E-state index in [0.717, 1.165) is 28.3 Å². The van der Waals surface area contributed by atoms with Gasteiger partial charge in [-0.05, 0) is 73.0 Å². The Kier molecular flexibility index (Phi) is 12.5. The van der Waals surface area contributed by atoms with Crippen LogP contribution in [0.2, 0.25) is 15.1 Å². The van der Waals surface area contributed by atoms with Crippen molar-refractivity contribution in [3.63, 3.8) is 0 Å². The molecule has 0 aliphatic carbocycles. The molecule has 46 heavy (non-hydrogen) atoms. The predicted molar refractivity (Wildman–Crippen MR) is 186 cm³/mol. The second-order valence-electron chi connectivity index (χ2n) is 10.9. The molecule has 0 saturated carbocycles. The van der Waals surface area contributed by atoms with Crippen molar-refractivity contribution in [3.05, 3.63) is 129 Å². The third-order valence-corrected chi connectivity index (χ3v) is 10.2.